The van der Waals surface area contributed by atoms with E-state index in [2.05, 4.69) is 0 Å². The number of aliphatic hydroxyl groups excluding tert-OH is 1. The van der Waals surface area contributed by atoms with E-state index in [4.69, 9.17) is 19.3 Å². The molecular weight excluding hydrogens is 1600 g/mol. The molecule has 608 valence electrons. The second-order valence-electron chi connectivity index (χ2n) is 27.4. The summed E-state index contributed by atoms with van der Waals surface area (Å²) < 4.78 is 177. The van der Waals surface area contributed by atoms with Crippen molar-refractivity contribution in [3.8, 4) is 17.2 Å². The number of nitrogens with zero attached hydrogens (tertiary/aromatic N) is 3. The van der Waals surface area contributed by atoms with E-state index in [0.29, 0.717) is 86.0 Å². The molecule has 28 heteroatoms. The summed E-state index contributed by atoms with van der Waals surface area (Å²) in [4.78, 5) is 67.5. The van der Waals surface area contributed by atoms with Gasteiger partial charge in [-0.3, -0.25) is 24.0 Å². The van der Waals surface area contributed by atoms with Crippen molar-refractivity contribution < 1.29 is 123 Å². The van der Waals surface area contributed by atoms with Gasteiger partial charge >= 0.3 is 41.6 Å². The number of likely N-dealkylation sites (tertiary alicyclic amines) is 3. The number of ketones is 2. The fourth-order valence-electron chi connectivity index (χ4n) is 13.4. The van der Waals surface area contributed by atoms with Crippen molar-refractivity contribution >= 4 is 52.3 Å². The van der Waals surface area contributed by atoms with Gasteiger partial charge in [-0.15, -0.1) is 0 Å². The van der Waals surface area contributed by atoms with Crippen molar-refractivity contribution in [2.24, 2.45) is 0 Å². The Balaban J connectivity index is 0.000000244. The third kappa shape index (κ3) is 25.0. The van der Waals surface area contributed by atoms with Gasteiger partial charge in [0.2, 0.25) is 12.2 Å². The molecular formula is C87H86BrF12MgN3O11. The molecule has 0 radical (unpaired) electrons. The maximum Gasteiger partial charge on any atom is 2.00 e. The monoisotopic (exact) mass is 1680 g/mol. The Morgan fingerprint density at radius 3 is 1.07 bits per heavy atom. The fraction of sp³-hybridized carbons (Fsp3) is 0.310. The number of hydrogen-bond donors (Lipinski definition) is 3. The Bertz CT molecular complexity index is 4670. The smallest absolute Gasteiger partial charge is 1.00 e. The number of benzene rings is 9. The van der Waals surface area contributed by atoms with Crippen LogP contribution >= 0.6 is 0 Å². The third-order valence-electron chi connectivity index (χ3n) is 19.1. The molecule has 4 fully saturated rings. The number of alkyl halides is 9. The number of para-hydroxylation sites is 3. The summed E-state index contributed by atoms with van der Waals surface area (Å²) in [6.07, 6.45) is -11.6. The molecule has 3 amide bonds. The number of aliphatic hydroxyl groups is 2. The molecule has 0 saturated carbocycles. The van der Waals surface area contributed by atoms with Crippen LogP contribution in [0.4, 0.5) is 52.7 Å². The predicted octanol–water partition coefficient (Wildman–Crippen LogP) is 16.8. The van der Waals surface area contributed by atoms with E-state index in [0.717, 1.165) is 61.7 Å². The number of hydrogen-bond acceptors (Lipinski definition) is 11. The number of ether oxygens (including phenoxy) is 3. The van der Waals surface area contributed by atoms with Gasteiger partial charge in [0, 0.05) is 66.2 Å². The Hall–Kier alpha value is -9.58. The molecule has 4 aliphatic heterocycles. The van der Waals surface area contributed by atoms with Gasteiger partial charge in [-0.25, -0.2) is 13.2 Å². The molecule has 4 heterocycles. The minimum Gasteiger partial charge on any atom is -1.00 e. The van der Waals surface area contributed by atoms with E-state index < -0.39 is 112 Å². The summed E-state index contributed by atoms with van der Waals surface area (Å²) in [6, 6.07) is 48.7. The molecule has 13 rings (SSSR count). The molecule has 0 bridgehead atoms. The second-order valence-corrected chi connectivity index (χ2v) is 27.4. The normalized spacial score (nSPS) is 16.6. The minimum atomic E-state index is -4.54. The number of amides is 3. The van der Waals surface area contributed by atoms with Crippen LogP contribution in [0.2, 0.25) is 0 Å². The topological polar surface area (TPSA) is 183 Å². The first-order chi connectivity index (χ1) is 53.1. The zero-order chi connectivity index (χ0) is 81.2. The van der Waals surface area contributed by atoms with Crippen LogP contribution in [0.3, 0.4) is 0 Å². The summed E-state index contributed by atoms with van der Waals surface area (Å²) in [6.45, 7) is 8.96. The molecule has 4 aliphatic rings. The molecule has 0 spiro atoms. The summed E-state index contributed by atoms with van der Waals surface area (Å²) >= 11 is 0. The minimum absolute atomic E-state index is 0. The van der Waals surface area contributed by atoms with Crippen molar-refractivity contribution in [2.45, 2.75) is 140 Å². The number of aromatic hydroxyl groups is 1. The molecule has 0 aromatic heterocycles. The van der Waals surface area contributed by atoms with Crippen LogP contribution in [0.15, 0.2) is 218 Å². The maximum absolute atomic E-state index is 14.6. The van der Waals surface area contributed by atoms with E-state index in [1.807, 2.05) is 0 Å². The average Bonchev–Trinajstić information content (AvgIpc) is 1.69. The van der Waals surface area contributed by atoms with Gasteiger partial charge in [0.05, 0.1) is 51.5 Å². The Labute approximate surface area is 686 Å². The molecule has 6 atom stereocenters. The van der Waals surface area contributed by atoms with E-state index >= 15 is 0 Å². The summed E-state index contributed by atoms with van der Waals surface area (Å²) in [5.74, 6) is -2.94. The number of Topliss-reactive ketones (excluding diaryl/α,β-unsaturated/α-hetero) is 2. The Morgan fingerprint density at radius 2 is 0.739 bits per heavy atom. The number of phenolic OH excluding ortho intramolecular Hbond substituents is 1. The van der Waals surface area contributed by atoms with Gasteiger partial charge in [-0.1, -0.05) is 133 Å². The van der Waals surface area contributed by atoms with Crippen molar-refractivity contribution in [3.05, 3.63) is 310 Å². The number of rotatable bonds is 16. The zero-order valence-electron chi connectivity index (χ0n) is 63.5. The van der Waals surface area contributed by atoms with Gasteiger partial charge in [0.15, 0.2) is 17.7 Å². The number of carbonyl (C=O) groups is 5. The van der Waals surface area contributed by atoms with Crippen molar-refractivity contribution in [1.82, 2.24) is 14.7 Å². The number of halogens is 13. The van der Waals surface area contributed by atoms with Crippen LogP contribution in [-0.2, 0) is 43.3 Å². The molecule has 9 aromatic carbocycles. The van der Waals surface area contributed by atoms with Crippen LogP contribution in [0.25, 0.3) is 0 Å². The van der Waals surface area contributed by atoms with Crippen molar-refractivity contribution in [3.63, 3.8) is 0 Å². The largest absolute Gasteiger partial charge is 2.00 e. The molecule has 0 aliphatic carbocycles. The van der Waals surface area contributed by atoms with Gasteiger partial charge in [-0.05, 0) is 170 Å². The van der Waals surface area contributed by atoms with E-state index in [1.54, 1.807) is 129 Å². The van der Waals surface area contributed by atoms with E-state index in [1.165, 1.54) is 96.0 Å². The van der Waals surface area contributed by atoms with Gasteiger partial charge in [-0.2, -0.15) is 39.5 Å². The summed E-state index contributed by atoms with van der Waals surface area (Å²) in [5, 5.41) is 30.0. The predicted molar refractivity (Wildman–Crippen MR) is 405 cm³/mol. The standard InChI is InChI=1S/C28H27F4NO3.C27H23F4NO3.C19H17F4NO2.C8H8O2.C4H8O.CH3.BrH.Mg/c1-27(2,35)21-9-4-6-12-24(21)36-25(18-13-15-19(16-14-18)28(30,31)32)26(34)33-17-7-11-23(33)20-8-3-5-10-22(20)29;1-17(33)20-7-3-5-11-24(20)35-25(18-12-14-19(15-13-18)27(29,30)31)26(34)32-16-6-10-23(32)21-8-2-4-9-22(21)28;20-15-5-2-1-4-14(15)16-6-3-11-24(16)18(26)17(25)12-7-9-13(10-8-12)19(21,22)23;1-6(9)7-4-2-3-5-8(7)10;1-2-4-5-3-1;;;/h3-6,8-10,12-16,23,25,35H,7,11,17H2,1-2H3;2-5,7-9,11-15,23,25H,6,10,16H2,1H3;1-2,4-5,7-10,16-17,25H,3,6,11H2;2-5,10H,1H3;1-4H2;1H3;1H;/q;;;;;-1;;+2/p-1. The first-order valence-corrected chi connectivity index (χ1v) is 36.1. The van der Waals surface area contributed by atoms with Gasteiger partial charge < -0.3 is 68.6 Å². The molecule has 14 nitrogen and oxygen atoms in total. The van der Waals surface area contributed by atoms with E-state index in [-0.39, 0.29) is 98.5 Å². The SMILES string of the molecule is C1CCOC1.CC(=O)c1ccccc1O.CC(=O)c1ccccc1OC(C(=O)N1CCCC1c1ccccc1F)c1ccc(C(F)(F)F)cc1.CC(C)(O)c1ccccc1OC(C(=O)N1CCCC1c1ccccc1F)c1ccc(C(F)(F)F)cc1.O=C(C(O)c1ccc(C(F)(F)F)cc1)N1CCCC1c1ccccc1F.[Br-].[CH3-].[Mg+2]. The zero-order valence-corrected chi connectivity index (χ0v) is 66.5. The first kappa shape index (κ1) is 94.3. The first-order valence-electron chi connectivity index (χ1n) is 36.1. The quantitative estimate of drug-likeness (QED) is 0.0362. The van der Waals surface area contributed by atoms with Crippen LogP contribution in [-0.4, -0.2) is 115 Å². The molecule has 6 unspecified atom stereocenters. The average molecular weight is 1680 g/mol. The Kier molecular flexibility index (Phi) is 34.7. The van der Waals surface area contributed by atoms with Gasteiger partial charge in [0.1, 0.15) is 34.7 Å². The summed E-state index contributed by atoms with van der Waals surface area (Å²) in [7, 11) is 0. The molecule has 3 N–H and O–H groups in total. The van der Waals surface area contributed by atoms with Crippen molar-refractivity contribution in [2.75, 3.05) is 32.8 Å². The van der Waals surface area contributed by atoms with Crippen LogP contribution < -0.4 is 26.5 Å². The third-order valence-corrected chi connectivity index (χ3v) is 19.1. The fourth-order valence-corrected chi connectivity index (χ4v) is 13.4. The number of phenols is 1. The molecule has 115 heavy (non-hydrogen) atoms. The molecule has 4 saturated heterocycles. The number of carbonyl (C=O) groups excluding carboxylic acids is 5. The van der Waals surface area contributed by atoms with Crippen molar-refractivity contribution in [1.29, 1.82) is 0 Å². The van der Waals surface area contributed by atoms with E-state index in [9.17, 15) is 86.9 Å². The maximum atomic E-state index is 14.6. The van der Waals surface area contributed by atoms with Gasteiger partial charge in [0.25, 0.3) is 17.7 Å². The second kappa shape index (κ2) is 42.3. The Morgan fingerprint density at radius 1 is 0.426 bits per heavy atom. The van der Waals surface area contributed by atoms with Crippen LogP contribution in [0.1, 0.15) is 192 Å². The molecule has 9 aromatic rings. The van der Waals surface area contributed by atoms with Crippen LogP contribution in [0.5, 0.6) is 17.2 Å². The summed E-state index contributed by atoms with van der Waals surface area (Å²) in [5.41, 5.74) is -1.21. The van der Waals surface area contributed by atoms with Crippen LogP contribution in [0, 0.1) is 24.9 Å².